The van der Waals surface area contributed by atoms with Crippen LogP contribution in [0.5, 0.6) is 0 Å². The Bertz CT molecular complexity index is 454. The molecule has 0 aromatic heterocycles. The number of nitrogens with one attached hydrogen (secondary N) is 1. The molecule has 3 N–H and O–H groups in total. The van der Waals surface area contributed by atoms with Crippen molar-refractivity contribution in [3.8, 4) is 0 Å². The molecule has 110 valence electrons. The largest absolute Gasteiger partial charge is 0.352 e. The van der Waals surface area contributed by atoms with Crippen LogP contribution in [0.1, 0.15) is 56.7 Å². The van der Waals surface area contributed by atoms with Gasteiger partial charge in [-0.25, -0.2) is 0 Å². The lowest BCUT2D eigenvalue weighted by Gasteiger charge is -2.35. The lowest BCUT2D eigenvalue weighted by Crippen LogP contribution is -2.43. The third kappa shape index (κ3) is 3.83. The molecule has 1 aliphatic carbocycles. The zero-order valence-electron chi connectivity index (χ0n) is 12.8. The van der Waals surface area contributed by atoms with Gasteiger partial charge in [0, 0.05) is 6.04 Å². The Morgan fingerprint density at radius 1 is 1.25 bits per heavy atom. The first kappa shape index (κ1) is 15.0. The Kier molecular flexibility index (Phi) is 4.48. The second-order valence-corrected chi connectivity index (χ2v) is 6.84. The van der Waals surface area contributed by atoms with Crippen LogP contribution < -0.4 is 11.1 Å². The molecule has 0 saturated heterocycles. The van der Waals surface area contributed by atoms with Gasteiger partial charge in [-0.3, -0.25) is 4.79 Å². The smallest absolute Gasteiger partial charge is 0.241 e. The minimum Gasteiger partial charge on any atom is -0.352 e. The summed E-state index contributed by atoms with van der Waals surface area (Å²) in [7, 11) is 0. The van der Waals surface area contributed by atoms with Crippen molar-refractivity contribution in [2.24, 2.45) is 11.1 Å². The highest BCUT2D eigenvalue weighted by molar-refractivity contribution is 5.83. The summed E-state index contributed by atoms with van der Waals surface area (Å²) in [5.41, 5.74) is 8.52. The van der Waals surface area contributed by atoms with E-state index in [4.69, 9.17) is 5.73 Å². The van der Waals surface area contributed by atoms with Crippen molar-refractivity contribution in [3.63, 3.8) is 0 Å². The van der Waals surface area contributed by atoms with Gasteiger partial charge in [0.05, 0.1) is 0 Å². The normalized spacial score (nSPS) is 20.4. The number of hydrogen-bond acceptors (Lipinski definition) is 2. The van der Waals surface area contributed by atoms with Crippen LogP contribution in [0.2, 0.25) is 0 Å². The number of carbonyl (C=O) groups is 1. The fourth-order valence-corrected chi connectivity index (χ4v) is 2.76. The number of nitrogens with two attached hydrogens (primary N) is 1. The molecular formula is C17H26N2O. The fraction of sp³-hybridized carbons (Fsp3) is 0.588. The van der Waals surface area contributed by atoms with Gasteiger partial charge >= 0.3 is 0 Å². The standard InChI is InChI=1S/C17H26N2O/c1-12-4-6-13(7-5-12)15(18)16(20)19-14-8-10-17(2,3)11-9-14/h4-7,14-15H,8-11,18H2,1-3H3,(H,19,20). The van der Waals surface area contributed by atoms with Crippen LogP contribution in [0.4, 0.5) is 0 Å². The van der Waals surface area contributed by atoms with Crippen molar-refractivity contribution in [1.82, 2.24) is 5.32 Å². The van der Waals surface area contributed by atoms with Crippen LogP contribution in [0.15, 0.2) is 24.3 Å². The highest BCUT2D eigenvalue weighted by Crippen LogP contribution is 2.35. The predicted molar refractivity (Wildman–Crippen MR) is 82.3 cm³/mol. The van der Waals surface area contributed by atoms with Gasteiger partial charge in [-0.15, -0.1) is 0 Å². The maximum Gasteiger partial charge on any atom is 0.241 e. The van der Waals surface area contributed by atoms with E-state index in [2.05, 4.69) is 19.2 Å². The molecule has 0 bridgehead atoms. The first-order valence-corrected chi connectivity index (χ1v) is 7.50. The van der Waals surface area contributed by atoms with Gasteiger partial charge in [0.25, 0.3) is 0 Å². The summed E-state index contributed by atoms with van der Waals surface area (Å²) < 4.78 is 0. The quantitative estimate of drug-likeness (QED) is 0.890. The fourth-order valence-electron chi connectivity index (χ4n) is 2.76. The Hall–Kier alpha value is -1.35. The molecule has 2 rings (SSSR count). The molecule has 1 fully saturated rings. The zero-order chi connectivity index (χ0) is 14.8. The third-order valence-electron chi connectivity index (χ3n) is 4.40. The Labute approximate surface area is 121 Å². The van der Waals surface area contributed by atoms with Crippen molar-refractivity contribution < 1.29 is 4.79 Å². The van der Waals surface area contributed by atoms with Gasteiger partial charge in [0.2, 0.25) is 5.91 Å². The Morgan fingerprint density at radius 2 is 1.80 bits per heavy atom. The van der Waals surface area contributed by atoms with E-state index in [0.717, 1.165) is 31.2 Å². The average molecular weight is 274 g/mol. The van der Waals surface area contributed by atoms with Crippen LogP contribution in [0, 0.1) is 12.3 Å². The summed E-state index contributed by atoms with van der Waals surface area (Å²) in [5.74, 6) is -0.0569. The van der Waals surface area contributed by atoms with Gasteiger partial charge in [0.15, 0.2) is 0 Å². The third-order valence-corrected chi connectivity index (χ3v) is 4.40. The first-order valence-electron chi connectivity index (χ1n) is 7.50. The van der Waals surface area contributed by atoms with Crippen LogP contribution in [0.25, 0.3) is 0 Å². The van der Waals surface area contributed by atoms with Crippen molar-refractivity contribution in [2.75, 3.05) is 0 Å². The number of rotatable bonds is 3. The average Bonchev–Trinajstić information content (AvgIpc) is 2.41. The second-order valence-electron chi connectivity index (χ2n) is 6.84. The lowest BCUT2D eigenvalue weighted by molar-refractivity contribution is -0.123. The molecule has 1 aromatic rings. The molecule has 0 heterocycles. The van der Waals surface area contributed by atoms with Crippen molar-refractivity contribution in [1.29, 1.82) is 0 Å². The van der Waals surface area contributed by atoms with E-state index in [0.29, 0.717) is 5.41 Å². The highest BCUT2D eigenvalue weighted by Gasteiger charge is 2.28. The molecule has 3 heteroatoms. The van der Waals surface area contributed by atoms with Crippen LogP contribution in [-0.4, -0.2) is 11.9 Å². The molecule has 1 aliphatic rings. The zero-order valence-corrected chi connectivity index (χ0v) is 12.8. The van der Waals surface area contributed by atoms with Crippen molar-refractivity contribution in [2.45, 2.75) is 58.5 Å². The van der Waals surface area contributed by atoms with E-state index in [9.17, 15) is 4.79 Å². The maximum absolute atomic E-state index is 12.2. The molecule has 1 unspecified atom stereocenters. The molecule has 1 atom stereocenters. The molecule has 0 radical (unpaired) electrons. The lowest BCUT2D eigenvalue weighted by atomic mass is 9.75. The molecule has 1 saturated carbocycles. The highest BCUT2D eigenvalue weighted by atomic mass is 16.2. The molecule has 0 aliphatic heterocycles. The maximum atomic E-state index is 12.2. The summed E-state index contributed by atoms with van der Waals surface area (Å²) in [5, 5.41) is 3.11. The number of amides is 1. The molecule has 0 spiro atoms. The van der Waals surface area contributed by atoms with E-state index in [-0.39, 0.29) is 11.9 Å². The molecule has 20 heavy (non-hydrogen) atoms. The van der Waals surface area contributed by atoms with Crippen molar-refractivity contribution >= 4 is 5.91 Å². The van der Waals surface area contributed by atoms with Gasteiger partial charge in [0.1, 0.15) is 6.04 Å². The van der Waals surface area contributed by atoms with E-state index in [1.807, 2.05) is 31.2 Å². The monoisotopic (exact) mass is 274 g/mol. The first-order chi connectivity index (χ1) is 9.37. The number of hydrogen-bond donors (Lipinski definition) is 2. The number of aryl methyl sites for hydroxylation is 1. The molecule has 3 nitrogen and oxygen atoms in total. The summed E-state index contributed by atoms with van der Waals surface area (Å²) in [6, 6.07) is 7.57. The topological polar surface area (TPSA) is 55.1 Å². The SMILES string of the molecule is Cc1ccc(C(N)C(=O)NC2CCC(C)(C)CC2)cc1. The van der Waals surface area contributed by atoms with Crippen LogP contribution >= 0.6 is 0 Å². The van der Waals surface area contributed by atoms with Crippen LogP contribution in [0.3, 0.4) is 0 Å². The van der Waals surface area contributed by atoms with E-state index in [1.54, 1.807) is 0 Å². The molecule has 1 aromatic carbocycles. The van der Waals surface area contributed by atoms with Gasteiger partial charge < -0.3 is 11.1 Å². The van der Waals surface area contributed by atoms with Crippen molar-refractivity contribution in [3.05, 3.63) is 35.4 Å². The summed E-state index contributed by atoms with van der Waals surface area (Å²) in [6.07, 6.45) is 4.44. The summed E-state index contributed by atoms with van der Waals surface area (Å²) in [6.45, 7) is 6.62. The van der Waals surface area contributed by atoms with E-state index >= 15 is 0 Å². The predicted octanol–water partition coefficient (Wildman–Crippen LogP) is 3.08. The molecule has 1 amide bonds. The minimum atomic E-state index is -0.564. The van der Waals surface area contributed by atoms with Gasteiger partial charge in [-0.05, 0) is 43.6 Å². The summed E-state index contributed by atoms with van der Waals surface area (Å²) in [4.78, 5) is 12.2. The van der Waals surface area contributed by atoms with E-state index in [1.165, 1.54) is 5.56 Å². The number of carbonyl (C=O) groups excluding carboxylic acids is 1. The Balaban J connectivity index is 1.90. The summed E-state index contributed by atoms with van der Waals surface area (Å²) >= 11 is 0. The van der Waals surface area contributed by atoms with Crippen LogP contribution in [-0.2, 0) is 4.79 Å². The number of benzene rings is 1. The van der Waals surface area contributed by atoms with Gasteiger partial charge in [-0.2, -0.15) is 0 Å². The molecular weight excluding hydrogens is 248 g/mol. The van der Waals surface area contributed by atoms with E-state index < -0.39 is 6.04 Å². The minimum absolute atomic E-state index is 0.0569. The van der Waals surface area contributed by atoms with Gasteiger partial charge in [-0.1, -0.05) is 43.7 Å². The Morgan fingerprint density at radius 3 is 2.35 bits per heavy atom. The second kappa shape index (κ2) is 5.96.